The molecule has 0 fully saturated rings. The summed E-state index contributed by atoms with van der Waals surface area (Å²) >= 11 is 5.61. The molecule has 0 saturated heterocycles. The van der Waals surface area contributed by atoms with Gasteiger partial charge in [-0.15, -0.1) is 0 Å². The lowest BCUT2D eigenvalue weighted by Crippen LogP contribution is -2.19. The molecule has 2 aromatic rings. The third kappa shape index (κ3) is 4.25. The molecule has 0 spiro atoms. The van der Waals surface area contributed by atoms with Crippen molar-refractivity contribution in [3.8, 4) is 0 Å². The van der Waals surface area contributed by atoms with Gasteiger partial charge in [0.2, 0.25) is 5.91 Å². The number of carbonyl (C=O) groups excluding carboxylic acids is 2. The van der Waals surface area contributed by atoms with E-state index in [4.69, 9.17) is 11.6 Å². The molecule has 0 aliphatic rings. The predicted octanol–water partition coefficient (Wildman–Crippen LogP) is 1.67. The van der Waals surface area contributed by atoms with Gasteiger partial charge in [-0.1, -0.05) is 23.7 Å². The summed E-state index contributed by atoms with van der Waals surface area (Å²) in [6.07, 6.45) is 2.91. The molecule has 2 N–H and O–H groups in total. The zero-order valence-electron chi connectivity index (χ0n) is 11.3. The van der Waals surface area contributed by atoms with Crippen molar-refractivity contribution in [1.29, 1.82) is 0 Å². The third-order valence-electron chi connectivity index (χ3n) is 2.71. The lowest BCUT2D eigenvalue weighted by atomic mass is 10.1. The van der Waals surface area contributed by atoms with Gasteiger partial charge in [0, 0.05) is 12.7 Å². The molecule has 0 aliphatic carbocycles. The number of nitrogens with zero attached hydrogens (tertiary/aromatic N) is 2. The second-order valence-corrected chi connectivity index (χ2v) is 4.61. The second-order valence-electron chi connectivity index (χ2n) is 4.23. The number of aromatic nitrogens is 2. The van der Waals surface area contributed by atoms with Crippen LogP contribution in [0.2, 0.25) is 5.15 Å². The summed E-state index contributed by atoms with van der Waals surface area (Å²) in [7, 11) is 1.59. The SMILES string of the molecule is CNC(=O)Cc1ccc(NC(=O)c2cnc(Cl)cn2)cc1. The molecule has 0 aliphatic heterocycles. The fourth-order valence-electron chi connectivity index (χ4n) is 1.60. The Kier molecular flexibility index (Phi) is 4.84. The predicted molar refractivity (Wildman–Crippen MR) is 79.2 cm³/mol. The van der Waals surface area contributed by atoms with Crippen molar-refractivity contribution < 1.29 is 9.59 Å². The first-order valence-electron chi connectivity index (χ1n) is 6.17. The number of hydrogen-bond donors (Lipinski definition) is 2. The van der Waals surface area contributed by atoms with Gasteiger partial charge < -0.3 is 10.6 Å². The average molecular weight is 305 g/mol. The van der Waals surface area contributed by atoms with Crippen LogP contribution in [0.4, 0.5) is 5.69 Å². The van der Waals surface area contributed by atoms with Gasteiger partial charge in [-0.05, 0) is 17.7 Å². The van der Waals surface area contributed by atoms with Crippen LogP contribution in [0.1, 0.15) is 16.1 Å². The summed E-state index contributed by atoms with van der Waals surface area (Å²) in [6, 6.07) is 7.00. The van der Waals surface area contributed by atoms with E-state index >= 15 is 0 Å². The van der Waals surface area contributed by atoms with E-state index in [2.05, 4.69) is 20.6 Å². The van der Waals surface area contributed by atoms with Crippen molar-refractivity contribution in [2.24, 2.45) is 0 Å². The van der Waals surface area contributed by atoms with Crippen molar-refractivity contribution in [2.75, 3.05) is 12.4 Å². The molecule has 0 atom stereocenters. The molecule has 21 heavy (non-hydrogen) atoms. The minimum absolute atomic E-state index is 0.0665. The lowest BCUT2D eigenvalue weighted by molar-refractivity contribution is -0.119. The van der Waals surface area contributed by atoms with Gasteiger partial charge in [0.15, 0.2) is 0 Å². The van der Waals surface area contributed by atoms with E-state index in [1.807, 2.05) is 0 Å². The normalized spacial score (nSPS) is 10.0. The Hall–Kier alpha value is -2.47. The van der Waals surface area contributed by atoms with Crippen LogP contribution in [-0.4, -0.2) is 28.8 Å². The van der Waals surface area contributed by atoms with E-state index in [0.717, 1.165) is 5.56 Å². The van der Waals surface area contributed by atoms with E-state index in [0.29, 0.717) is 12.1 Å². The number of nitrogens with one attached hydrogen (secondary N) is 2. The van der Waals surface area contributed by atoms with Gasteiger partial charge in [0.25, 0.3) is 5.91 Å². The zero-order valence-corrected chi connectivity index (χ0v) is 12.0. The number of hydrogen-bond acceptors (Lipinski definition) is 4. The maximum Gasteiger partial charge on any atom is 0.275 e. The highest BCUT2D eigenvalue weighted by molar-refractivity contribution is 6.29. The average Bonchev–Trinajstić information content (AvgIpc) is 2.49. The fraction of sp³-hybridized carbons (Fsp3) is 0.143. The number of rotatable bonds is 4. The zero-order chi connectivity index (χ0) is 15.2. The van der Waals surface area contributed by atoms with Gasteiger partial charge in [-0.3, -0.25) is 9.59 Å². The molecule has 108 valence electrons. The molecule has 0 bridgehead atoms. The molecule has 0 radical (unpaired) electrons. The van der Waals surface area contributed by atoms with Crippen LogP contribution >= 0.6 is 11.6 Å². The first-order chi connectivity index (χ1) is 10.1. The number of anilines is 1. The third-order valence-corrected chi connectivity index (χ3v) is 2.90. The Balaban J connectivity index is 2.01. The van der Waals surface area contributed by atoms with E-state index < -0.39 is 0 Å². The largest absolute Gasteiger partial charge is 0.359 e. The van der Waals surface area contributed by atoms with Crippen molar-refractivity contribution in [2.45, 2.75) is 6.42 Å². The minimum Gasteiger partial charge on any atom is -0.359 e. The maximum absolute atomic E-state index is 11.9. The molecule has 1 aromatic carbocycles. The van der Waals surface area contributed by atoms with Crippen LogP contribution in [0.3, 0.4) is 0 Å². The Labute approximate surface area is 126 Å². The van der Waals surface area contributed by atoms with Crippen LogP contribution in [-0.2, 0) is 11.2 Å². The second kappa shape index (κ2) is 6.81. The first kappa shape index (κ1) is 14.9. The highest BCUT2D eigenvalue weighted by atomic mass is 35.5. The van der Waals surface area contributed by atoms with Crippen LogP contribution in [0.25, 0.3) is 0 Å². The Morgan fingerprint density at radius 2 is 1.86 bits per heavy atom. The summed E-state index contributed by atoms with van der Waals surface area (Å²) in [6.45, 7) is 0. The molecule has 1 aromatic heterocycles. The smallest absolute Gasteiger partial charge is 0.275 e. The monoisotopic (exact) mass is 304 g/mol. The highest BCUT2D eigenvalue weighted by Crippen LogP contribution is 2.11. The lowest BCUT2D eigenvalue weighted by Gasteiger charge is -2.06. The summed E-state index contributed by atoms with van der Waals surface area (Å²) in [4.78, 5) is 30.8. The van der Waals surface area contributed by atoms with Crippen LogP contribution < -0.4 is 10.6 Å². The quantitative estimate of drug-likeness (QED) is 0.900. The van der Waals surface area contributed by atoms with Gasteiger partial charge in [0.05, 0.1) is 18.8 Å². The molecule has 2 rings (SSSR count). The number of halogens is 1. The summed E-state index contributed by atoms with van der Waals surface area (Å²) in [5.41, 5.74) is 1.64. The molecule has 0 saturated carbocycles. The molecule has 7 heteroatoms. The first-order valence-corrected chi connectivity index (χ1v) is 6.54. The minimum atomic E-state index is -0.377. The Morgan fingerprint density at radius 1 is 1.14 bits per heavy atom. The van der Waals surface area contributed by atoms with Crippen molar-refractivity contribution >= 4 is 29.1 Å². The van der Waals surface area contributed by atoms with Gasteiger partial charge in [-0.2, -0.15) is 0 Å². The highest BCUT2D eigenvalue weighted by Gasteiger charge is 2.08. The van der Waals surface area contributed by atoms with Gasteiger partial charge >= 0.3 is 0 Å². The van der Waals surface area contributed by atoms with Crippen LogP contribution in [0.15, 0.2) is 36.7 Å². The van der Waals surface area contributed by atoms with E-state index in [9.17, 15) is 9.59 Å². The summed E-state index contributed by atoms with van der Waals surface area (Å²) in [5, 5.41) is 5.47. The molecule has 0 unspecified atom stereocenters. The Morgan fingerprint density at radius 3 is 2.43 bits per heavy atom. The Bertz CT molecular complexity index is 641. The van der Waals surface area contributed by atoms with Crippen molar-refractivity contribution in [3.05, 3.63) is 53.1 Å². The van der Waals surface area contributed by atoms with E-state index in [1.54, 1.807) is 31.3 Å². The number of benzene rings is 1. The molecular weight excluding hydrogens is 292 g/mol. The summed E-state index contributed by atoms with van der Waals surface area (Å²) < 4.78 is 0. The molecule has 1 heterocycles. The van der Waals surface area contributed by atoms with E-state index in [-0.39, 0.29) is 22.7 Å². The molecule has 2 amide bonds. The fourth-order valence-corrected chi connectivity index (χ4v) is 1.70. The van der Waals surface area contributed by atoms with Crippen molar-refractivity contribution in [1.82, 2.24) is 15.3 Å². The van der Waals surface area contributed by atoms with Crippen LogP contribution in [0.5, 0.6) is 0 Å². The number of likely N-dealkylation sites (N-methyl/N-ethyl adjacent to an activating group) is 1. The topological polar surface area (TPSA) is 84.0 Å². The van der Waals surface area contributed by atoms with Crippen LogP contribution in [0, 0.1) is 0 Å². The number of amides is 2. The van der Waals surface area contributed by atoms with Crippen molar-refractivity contribution in [3.63, 3.8) is 0 Å². The number of carbonyl (C=O) groups is 2. The summed E-state index contributed by atoms with van der Waals surface area (Å²) in [5.74, 6) is -0.443. The van der Waals surface area contributed by atoms with E-state index in [1.165, 1.54) is 12.4 Å². The van der Waals surface area contributed by atoms with Gasteiger partial charge in [0.1, 0.15) is 10.8 Å². The van der Waals surface area contributed by atoms with Gasteiger partial charge in [-0.25, -0.2) is 9.97 Å². The standard InChI is InChI=1S/C14H13ClN4O2/c1-16-13(20)6-9-2-4-10(5-3-9)19-14(21)11-7-18-12(15)8-17-11/h2-5,7-8H,6H2,1H3,(H,16,20)(H,19,21). The maximum atomic E-state index is 11.9. The molecule has 6 nitrogen and oxygen atoms in total. The molecular formula is C14H13ClN4O2.